The number of nitrogens with zero attached hydrogens (tertiary/aromatic N) is 2. The molecule has 0 aliphatic carbocycles. The number of anilines is 1. The van der Waals surface area contributed by atoms with Crippen molar-refractivity contribution in [3.8, 4) is 6.07 Å². The molecule has 9 heteroatoms. The molecule has 7 nitrogen and oxygen atoms in total. The summed E-state index contributed by atoms with van der Waals surface area (Å²) in [6.45, 7) is 1.54. The third-order valence-corrected chi connectivity index (χ3v) is 7.79. The molecular weight excluding hydrogens is 434 g/mol. The Kier molecular flexibility index (Phi) is 8.49. The van der Waals surface area contributed by atoms with Gasteiger partial charge < -0.3 is 10.1 Å². The number of sulfonamides is 1. The van der Waals surface area contributed by atoms with Crippen LogP contribution in [0.2, 0.25) is 0 Å². The first kappa shape index (κ1) is 23.3. The molecule has 0 spiro atoms. The van der Waals surface area contributed by atoms with Crippen LogP contribution in [0.5, 0.6) is 0 Å². The minimum atomic E-state index is -3.51. The van der Waals surface area contributed by atoms with Crippen LogP contribution in [-0.2, 0) is 26.0 Å². The molecule has 1 fully saturated rings. The maximum Gasteiger partial charge on any atom is 0.243 e. The Morgan fingerprint density at radius 3 is 2.55 bits per heavy atom. The van der Waals surface area contributed by atoms with Crippen LogP contribution in [-0.4, -0.2) is 50.7 Å². The lowest BCUT2D eigenvalue weighted by atomic mass is 10.1. The highest BCUT2D eigenvalue weighted by molar-refractivity contribution is 7.99. The largest absolute Gasteiger partial charge is 0.379 e. The van der Waals surface area contributed by atoms with Gasteiger partial charge in [-0.05, 0) is 36.2 Å². The van der Waals surface area contributed by atoms with Crippen molar-refractivity contribution in [1.29, 1.82) is 5.26 Å². The minimum Gasteiger partial charge on any atom is -0.379 e. The molecule has 2 aromatic carbocycles. The number of amides is 1. The van der Waals surface area contributed by atoms with Crippen molar-refractivity contribution in [2.75, 3.05) is 37.4 Å². The molecule has 0 bridgehead atoms. The van der Waals surface area contributed by atoms with E-state index in [4.69, 9.17) is 10.00 Å². The molecule has 0 atom stereocenters. The summed E-state index contributed by atoms with van der Waals surface area (Å²) in [5, 5.41) is 11.6. The lowest BCUT2D eigenvalue weighted by Crippen LogP contribution is -2.40. The SMILES string of the molecule is N#CCCSc1ccccc1NC(=O)CCc1ccc(S(=O)(=O)N2CCOCC2)cc1. The second kappa shape index (κ2) is 11.3. The van der Waals surface area contributed by atoms with Crippen LogP contribution in [0.25, 0.3) is 0 Å². The summed E-state index contributed by atoms with van der Waals surface area (Å²) in [6, 6.07) is 16.3. The molecule has 1 heterocycles. The van der Waals surface area contributed by atoms with Crippen LogP contribution in [0.1, 0.15) is 18.4 Å². The van der Waals surface area contributed by atoms with Gasteiger partial charge in [-0.15, -0.1) is 11.8 Å². The number of rotatable bonds is 9. The van der Waals surface area contributed by atoms with Gasteiger partial charge in [0.25, 0.3) is 0 Å². The fourth-order valence-corrected chi connectivity index (χ4v) is 5.41. The van der Waals surface area contributed by atoms with E-state index in [0.29, 0.717) is 44.9 Å². The van der Waals surface area contributed by atoms with Gasteiger partial charge in [0.05, 0.1) is 29.9 Å². The Morgan fingerprint density at radius 2 is 1.84 bits per heavy atom. The first-order valence-corrected chi connectivity index (χ1v) is 12.5. The Morgan fingerprint density at radius 1 is 1.13 bits per heavy atom. The number of hydrogen-bond acceptors (Lipinski definition) is 6. The van der Waals surface area contributed by atoms with Crippen LogP contribution in [0.15, 0.2) is 58.3 Å². The summed E-state index contributed by atoms with van der Waals surface area (Å²) in [5.74, 6) is 0.557. The maximum absolute atomic E-state index is 12.7. The molecular formula is C22H25N3O4S2. The van der Waals surface area contributed by atoms with Crippen LogP contribution in [0, 0.1) is 11.3 Å². The molecule has 1 saturated heterocycles. The van der Waals surface area contributed by atoms with Crippen molar-refractivity contribution in [3.63, 3.8) is 0 Å². The van der Waals surface area contributed by atoms with Crippen molar-refractivity contribution in [1.82, 2.24) is 4.31 Å². The molecule has 1 N–H and O–H groups in total. The highest BCUT2D eigenvalue weighted by Gasteiger charge is 2.26. The number of nitrogens with one attached hydrogen (secondary N) is 1. The van der Waals surface area contributed by atoms with Crippen LogP contribution in [0.3, 0.4) is 0 Å². The molecule has 164 valence electrons. The average Bonchev–Trinajstić information content (AvgIpc) is 2.80. The van der Waals surface area contributed by atoms with Gasteiger partial charge in [-0.2, -0.15) is 9.57 Å². The number of para-hydroxylation sites is 1. The van der Waals surface area contributed by atoms with Crippen molar-refractivity contribution in [3.05, 3.63) is 54.1 Å². The summed E-state index contributed by atoms with van der Waals surface area (Å²) in [7, 11) is -3.51. The Hall–Kier alpha value is -2.38. The zero-order chi connectivity index (χ0) is 22.1. The predicted molar refractivity (Wildman–Crippen MR) is 120 cm³/mol. The smallest absolute Gasteiger partial charge is 0.243 e. The number of carbonyl (C=O) groups excluding carboxylic acids is 1. The number of hydrogen-bond donors (Lipinski definition) is 1. The topological polar surface area (TPSA) is 99.5 Å². The summed E-state index contributed by atoms with van der Waals surface area (Å²) >= 11 is 1.54. The van der Waals surface area contributed by atoms with Gasteiger partial charge in [0.2, 0.25) is 15.9 Å². The zero-order valence-electron chi connectivity index (χ0n) is 17.1. The van der Waals surface area contributed by atoms with E-state index in [1.807, 2.05) is 24.3 Å². The van der Waals surface area contributed by atoms with E-state index in [2.05, 4.69) is 11.4 Å². The highest BCUT2D eigenvalue weighted by atomic mass is 32.2. The van der Waals surface area contributed by atoms with E-state index < -0.39 is 10.0 Å². The Labute approximate surface area is 187 Å². The molecule has 1 aliphatic rings. The van der Waals surface area contributed by atoms with Gasteiger partial charge in [-0.25, -0.2) is 8.42 Å². The Balaban J connectivity index is 1.55. The van der Waals surface area contributed by atoms with Gasteiger partial charge >= 0.3 is 0 Å². The van der Waals surface area contributed by atoms with Crippen molar-refractivity contribution < 1.29 is 17.9 Å². The number of benzene rings is 2. The molecule has 0 aromatic heterocycles. The number of ether oxygens (including phenoxy) is 1. The highest BCUT2D eigenvalue weighted by Crippen LogP contribution is 2.27. The molecule has 31 heavy (non-hydrogen) atoms. The molecule has 3 rings (SSSR count). The minimum absolute atomic E-state index is 0.113. The first-order chi connectivity index (χ1) is 15.0. The van der Waals surface area contributed by atoms with E-state index in [1.54, 1.807) is 24.3 Å². The van der Waals surface area contributed by atoms with Crippen LogP contribution < -0.4 is 5.32 Å². The predicted octanol–water partition coefficient (Wildman–Crippen LogP) is 3.28. The second-order valence-electron chi connectivity index (χ2n) is 6.96. The van der Waals surface area contributed by atoms with Crippen LogP contribution in [0.4, 0.5) is 5.69 Å². The van der Waals surface area contributed by atoms with Gasteiger partial charge in [0.1, 0.15) is 0 Å². The zero-order valence-corrected chi connectivity index (χ0v) is 18.8. The average molecular weight is 460 g/mol. The number of thioether (sulfide) groups is 1. The van der Waals surface area contributed by atoms with Crippen molar-refractivity contribution >= 4 is 33.4 Å². The monoisotopic (exact) mass is 459 g/mol. The maximum atomic E-state index is 12.7. The summed E-state index contributed by atoms with van der Waals surface area (Å²) in [6.07, 6.45) is 1.24. The lowest BCUT2D eigenvalue weighted by molar-refractivity contribution is -0.116. The number of nitriles is 1. The number of carbonyl (C=O) groups is 1. The summed E-state index contributed by atoms with van der Waals surface area (Å²) < 4.78 is 32.0. The summed E-state index contributed by atoms with van der Waals surface area (Å²) in [5.41, 5.74) is 1.63. The van der Waals surface area contributed by atoms with E-state index in [1.165, 1.54) is 16.1 Å². The fourth-order valence-electron chi connectivity index (χ4n) is 3.14. The van der Waals surface area contributed by atoms with E-state index in [0.717, 1.165) is 16.1 Å². The standard InChI is InChI=1S/C22H25N3O4S2/c23-12-3-17-30-21-5-2-1-4-20(21)24-22(26)11-8-18-6-9-19(10-7-18)31(27,28)25-13-15-29-16-14-25/h1-2,4-7,9-10H,3,8,11,13-17H2,(H,24,26). The fraction of sp³-hybridized carbons (Fsp3) is 0.364. The summed E-state index contributed by atoms with van der Waals surface area (Å²) in [4.78, 5) is 13.6. The molecule has 0 radical (unpaired) electrons. The molecule has 1 amide bonds. The number of morpholine rings is 1. The molecule has 0 saturated carbocycles. The quantitative estimate of drug-likeness (QED) is 0.456. The lowest BCUT2D eigenvalue weighted by Gasteiger charge is -2.26. The van der Waals surface area contributed by atoms with E-state index in [9.17, 15) is 13.2 Å². The van der Waals surface area contributed by atoms with Gasteiger partial charge in [0.15, 0.2) is 0 Å². The van der Waals surface area contributed by atoms with E-state index >= 15 is 0 Å². The third-order valence-electron chi connectivity index (χ3n) is 4.80. The van der Waals surface area contributed by atoms with Crippen LogP contribution >= 0.6 is 11.8 Å². The van der Waals surface area contributed by atoms with Crippen molar-refractivity contribution in [2.45, 2.75) is 29.1 Å². The van der Waals surface area contributed by atoms with Gasteiger partial charge in [-0.1, -0.05) is 24.3 Å². The molecule has 1 aliphatic heterocycles. The molecule has 2 aromatic rings. The van der Waals surface area contributed by atoms with Crippen molar-refractivity contribution in [2.24, 2.45) is 0 Å². The molecule has 0 unspecified atom stereocenters. The second-order valence-corrected chi connectivity index (χ2v) is 10.0. The normalized spacial score (nSPS) is 14.7. The Bertz CT molecular complexity index is 1030. The van der Waals surface area contributed by atoms with E-state index in [-0.39, 0.29) is 17.2 Å². The third kappa shape index (κ3) is 6.55. The van der Waals surface area contributed by atoms with Gasteiger partial charge in [0, 0.05) is 36.6 Å². The number of aryl methyl sites for hydroxylation is 1. The first-order valence-electron chi connectivity index (χ1n) is 10.1. The van der Waals surface area contributed by atoms with Gasteiger partial charge in [-0.3, -0.25) is 4.79 Å².